The van der Waals surface area contributed by atoms with Gasteiger partial charge in [0.15, 0.2) is 0 Å². The summed E-state index contributed by atoms with van der Waals surface area (Å²) >= 11 is 0. The molecule has 13 heavy (non-hydrogen) atoms. The Hall–Kier alpha value is -0.570. The zero-order valence-electron chi connectivity index (χ0n) is 8.47. The fourth-order valence-electron chi connectivity index (χ4n) is 1.60. The van der Waals surface area contributed by atoms with Gasteiger partial charge in [-0.25, -0.2) is 0 Å². The second-order valence-electron chi connectivity index (χ2n) is 3.90. The highest BCUT2D eigenvalue weighted by molar-refractivity contribution is 5.70. The SMILES string of the molecule is CCOC(=O)CC1(C)CCOCC1. The van der Waals surface area contributed by atoms with E-state index < -0.39 is 0 Å². The van der Waals surface area contributed by atoms with E-state index in [9.17, 15) is 4.79 Å². The summed E-state index contributed by atoms with van der Waals surface area (Å²) in [7, 11) is 0. The number of carbonyl (C=O) groups is 1. The van der Waals surface area contributed by atoms with Crippen molar-refractivity contribution in [2.75, 3.05) is 19.8 Å². The van der Waals surface area contributed by atoms with Gasteiger partial charge < -0.3 is 9.47 Å². The van der Waals surface area contributed by atoms with Gasteiger partial charge in [0.05, 0.1) is 13.0 Å². The molecule has 0 saturated carbocycles. The van der Waals surface area contributed by atoms with Crippen molar-refractivity contribution in [3.05, 3.63) is 0 Å². The molecule has 3 heteroatoms. The predicted octanol–water partition coefficient (Wildman–Crippen LogP) is 1.76. The van der Waals surface area contributed by atoms with E-state index in [1.807, 2.05) is 6.92 Å². The van der Waals surface area contributed by atoms with Crippen LogP contribution in [0.15, 0.2) is 0 Å². The summed E-state index contributed by atoms with van der Waals surface area (Å²) < 4.78 is 10.2. The van der Waals surface area contributed by atoms with Crippen LogP contribution in [0.2, 0.25) is 0 Å². The largest absolute Gasteiger partial charge is 0.466 e. The van der Waals surface area contributed by atoms with Crippen molar-refractivity contribution in [2.45, 2.75) is 33.1 Å². The van der Waals surface area contributed by atoms with Crippen LogP contribution in [0.25, 0.3) is 0 Å². The monoisotopic (exact) mass is 186 g/mol. The Morgan fingerprint density at radius 2 is 2.08 bits per heavy atom. The molecule has 76 valence electrons. The molecule has 1 aliphatic heterocycles. The minimum atomic E-state index is -0.0769. The molecule has 0 atom stereocenters. The van der Waals surface area contributed by atoms with Gasteiger partial charge in [0.2, 0.25) is 0 Å². The lowest BCUT2D eigenvalue weighted by atomic mass is 9.79. The molecule has 0 bridgehead atoms. The first-order valence-corrected chi connectivity index (χ1v) is 4.90. The summed E-state index contributed by atoms with van der Waals surface area (Å²) in [6.07, 6.45) is 2.46. The van der Waals surface area contributed by atoms with Crippen LogP contribution in [-0.4, -0.2) is 25.8 Å². The molecule has 0 spiro atoms. The fraction of sp³-hybridized carbons (Fsp3) is 0.900. The maximum atomic E-state index is 11.3. The van der Waals surface area contributed by atoms with Gasteiger partial charge in [0.25, 0.3) is 0 Å². The molecule has 0 aliphatic carbocycles. The molecule has 1 aliphatic rings. The normalized spacial score (nSPS) is 21.1. The van der Waals surface area contributed by atoms with Gasteiger partial charge in [0.1, 0.15) is 0 Å². The first-order chi connectivity index (χ1) is 6.16. The van der Waals surface area contributed by atoms with Crippen molar-refractivity contribution < 1.29 is 14.3 Å². The third kappa shape index (κ3) is 3.35. The van der Waals surface area contributed by atoms with Crippen molar-refractivity contribution in [3.8, 4) is 0 Å². The van der Waals surface area contributed by atoms with Crippen molar-refractivity contribution in [1.29, 1.82) is 0 Å². The summed E-state index contributed by atoms with van der Waals surface area (Å²) in [6.45, 7) is 5.99. The van der Waals surface area contributed by atoms with Crippen LogP contribution >= 0.6 is 0 Å². The number of ether oxygens (including phenoxy) is 2. The molecule has 0 aromatic rings. The first-order valence-electron chi connectivity index (χ1n) is 4.90. The second-order valence-corrected chi connectivity index (χ2v) is 3.90. The van der Waals surface area contributed by atoms with E-state index in [4.69, 9.17) is 9.47 Å². The third-order valence-electron chi connectivity index (χ3n) is 2.58. The molecule has 0 N–H and O–H groups in total. The molecule has 1 rings (SSSR count). The van der Waals surface area contributed by atoms with E-state index in [2.05, 4.69) is 6.92 Å². The summed E-state index contributed by atoms with van der Waals surface area (Å²) in [4.78, 5) is 11.3. The topological polar surface area (TPSA) is 35.5 Å². The molecule has 1 heterocycles. The standard InChI is InChI=1S/C10H18O3/c1-3-13-9(11)8-10(2)4-6-12-7-5-10/h3-8H2,1-2H3. The number of esters is 1. The summed E-state index contributed by atoms with van der Waals surface area (Å²) in [6, 6.07) is 0. The molecule has 0 aromatic carbocycles. The molecule has 0 aromatic heterocycles. The molecule has 0 unspecified atom stereocenters. The van der Waals surface area contributed by atoms with Gasteiger partial charge in [0, 0.05) is 13.2 Å². The molecule has 1 saturated heterocycles. The minimum Gasteiger partial charge on any atom is -0.466 e. The number of carbonyl (C=O) groups excluding carboxylic acids is 1. The molecular weight excluding hydrogens is 168 g/mol. The van der Waals surface area contributed by atoms with Crippen molar-refractivity contribution in [2.24, 2.45) is 5.41 Å². The van der Waals surface area contributed by atoms with Crippen LogP contribution < -0.4 is 0 Å². The Labute approximate surface area is 79.4 Å². The van der Waals surface area contributed by atoms with Crippen LogP contribution in [-0.2, 0) is 14.3 Å². The van der Waals surface area contributed by atoms with Gasteiger partial charge >= 0.3 is 5.97 Å². The third-order valence-corrected chi connectivity index (χ3v) is 2.58. The second kappa shape index (κ2) is 4.61. The zero-order chi connectivity index (χ0) is 9.73. The summed E-state index contributed by atoms with van der Waals surface area (Å²) in [5.74, 6) is -0.0769. The lowest BCUT2D eigenvalue weighted by Gasteiger charge is -2.32. The highest BCUT2D eigenvalue weighted by Crippen LogP contribution is 2.33. The Morgan fingerprint density at radius 1 is 1.46 bits per heavy atom. The van der Waals surface area contributed by atoms with Crippen LogP contribution in [0.5, 0.6) is 0 Å². The molecule has 3 nitrogen and oxygen atoms in total. The fourth-order valence-corrected chi connectivity index (χ4v) is 1.60. The predicted molar refractivity (Wildman–Crippen MR) is 49.4 cm³/mol. The van der Waals surface area contributed by atoms with E-state index in [0.29, 0.717) is 13.0 Å². The Bertz CT molecular complexity index is 171. The average molecular weight is 186 g/mol. The zero-order valence-corrected chi connectivity index (χ0v) is 8.47. The molecule has 1 fully saturated rings. The van der Waals surface area contributed by atoms with Crippen molar-refractivity contribution in [1.82, 2.24) is 0 Å². The number of hydrogen-bond acceptors (Lipinski definition) is 3. The molecule has 0 radical (unpaired) electrons. The highest BCUT2D eigenvalue weighted by atomic mass is 16.5. The minimum absolute atomic E-state index is 0.0769. The average Bonchev–Trinajstić information content (AvgIpc) is 2.04. The summed E-state index contributed by atoms with van der Waals surface area (Å²) in [5, 5.41) is 0. The van der Waals surface area contributed by atoms with Crippen molar-refractivity contribution >= 4 is 5.97 Å². The molecule has 0 amide bonds. The van der Waals surface area contributed by atoms with E-state index >= 15 is 0 Å². The Kier molecular flexibility index (Phi) is 3.72. The maximum absolute atomic E-state index is 11.3. The Balaban J connectivity index is 2.36. The lowest BCUT2D eigenvalue weighted by Crippen LogP contribution is -2.29. The van der Waals surface area contributed by atoms with Crippen LogP contribution in [0.3, 0.4) is 0 Å². The van der Waals surface area contributed by atoms with Crippen LogP contribution in [0.4, 0.5) is 0 Å². The van der Waals surface area contributed by atoms with Crippen LogP contribution in [0, 0.1) is 5.41 Å². The highest BCUT2D eigenvalue weighted by Gasteiger charge is 2.30. The van der Waals surface area contributed by atoms with Gasteiger partial charge in [-0.2, -0.15) is 0 Å². The number of rotatable bonds is 3. The number of hydrogen-bond donors (Lipinski definition) is 0. The van der Waals surface area contributed by atoms with E-state index in [-0.39, 0.29) is 11.4 Å². The molecular formula is C10H18O3. The van der Waals surface area contributed by atoms with Gasteiger partial charge in [-0.15, -0.1) is 0 Å². The van der Waals surface area contributed by atoms with Gasteiger partial charge in [-0.3, -0.25) is 4.79 Å². The van der Waals surface area contributed by atoms with Gasteiger partial charge in [-0.1, -0.05) is 6.92 Å². The smallest absolute Gasteiger partial charge is 0.306 e. The quantitative estimate of drug-likeness (QED) is 0.630. The first kappa shape index (κ1) is 10.5. The Morgan fingerprint density at radius 3 is 2.62 bits per heavy atom. The lowest BCUT2D eigenvalue weighted by molar-refractivity contribution is -0.147. The van der Waals surface area contributed by atoms with E-state index in [0.717, 1.165) is 26.1 Å². The van der Waals surface area contributed by atoms with Gasteiger partial charge in [-0.05, 0) is 25.2 Å². The summed E-state index contributed by atoms with van der Waals surface area (Å²) in [5.41, 5.74) is 0.102. The van der Waals surface area contributed by atoms with E-state index in [1.165, 1.54) is 0 Å². The maximum Gasteiger partial charge on any atom is 0.306 e. The van der Waals surface area contributed by atoms with Crippen LogP contribution in [0.1, 0.15) is 33.1 Å². The van der Waals surface area contributed by atoms with Crippen molar-refractivity contribution in [3.63, 3.8) is 0 Å². The van der Waals surface area contributed by atoms with E-state index in [1.54, 1.807) is 0 Å².